The van der Waals surface area contributed by atoms with Crippen molar-refractivity contribution in [2.45, 2.75) is 6.92 Å². The molecule has 0 aliphatic carbocycles. The Morgan fingerprint density at radius 2 is 1.75 bits per heavy atom. The summed E-state index contributed by atoms with van der Waals surface area (Å²) in [5.41, 5.74) is 0.149. The van der Waals surface area contributed by atoms with Gasteiger partial charge in [-0.2, -0.15) is 0 Å². The lowest BCUT2D eigenvalue weighted by Gasteiger charge is -2.14. The summed E-state index contributed by atoms with van der Waals surface area (Å²) < 4.78 is 20.8. The van der Waals surface area contributed by atoms with E-state index in [-0.39, 0.29) is 16.9 Å². The highest BCUT2D eigenvalue weighted by molar-refractivity contribution is 6.03. The van der Waals surface area contributed by atoms with Gasteiger partial charge in [-0.1, -0.05) is 0 Å². The van der Waals surface area contributed by atoms with Gasteiger partial charge in [0.1, 0.15) is 5.75 Å². The molecule has 6 heteroatoms. The van der Waals surface area contributed by atoms with Crippen LogP contribution in [0.1, 0.15) is 15.9 Å². The van der Waals surface area contributed by atoms with Crippen molar-refractivity contribution in [3.63, 3.8) is 0 Å². The Hall–Kier alpha value is -2.50. The Bertz CT molecular complexity index is 729. The second-order valence-electron chi connectivity index (χ2n) is 4.07. The van der Waals surface area contributed by atoms with Crippen LogP contribution >= 0.6 is 0 Å². The van der Waals surface area contributed by atoms with E-state index in [1.807, 2.05) is 0 Å². The molecule has 0 saturated heterocycles. The van der Waals surface area contributed by atoms with Crippen molar-refractivity contribution in [3.05, 3.63) is 27.6 Å². The van der Waals surface area contributed by atoms with E-state index < -0.39 is 5.63 Å². The minimum Gasteiger partial charge on any atom is -0.495 e. The van der Waals surface area contributed by atoms with Crippen molar-refractivity contribution >= 4 is 17.3 Å². The third-order valence-electron chi connectivity index (χ3n) is 3.06. The molecule has 0 aliphatic rings. The quantitative estimate of drug-likeness (QED) is 0.628. The van der Waals surface area contributed by atoms with E-state index in [2.05, 4.69) is 0 Å². The second-order valence-corrected chi connectivity index (χ2v) is 4.07. The first kappa shape index (κ1) is 13.9. The Balaban J connectivity index is 3.10. The van der Waals surface area contributed by atoms with Gasteiger partial charge in [0.25, 0.3) is 0 Å². The van der Waals surface area contributed by atoms with E-state index in [9.17, 15) is 9.59 Å². The largest absolute Gasteiger partial charge is 0.495 e. The Morgan fingerprint density at radius 3 is 2.25 bits per heavy atom. The summed E-state index contributed by atoms with van der Waals surface area (Å²) in [4.78, 5) is 23.1. The molecule has 2 rings (SSSR count). The first-order chi connectivity index (χ1) is 9.58. The van der Waals surface area contributed by atoms with Crippen LogP contribution in [0, 0.1) is 6.92 Å². The highest BCUT2D eigenvalue weighted by Gasteiger charge is 2.22. The average molecular weight is 278 g/mol. The van der Waals surface area contributed by atoms with E-state index in [0.29, 0.717) is 28.7 Å². The minimum absolute atomic E-state index is 0.126. The molecular weight excluding hydrogens is 264 g/mol. The van der Waals surface area contributed by atoms with Crippen LogP contribution in [0.4, 0.5) is 0 Å². The molecule has 0 bridgehead atoms. The molecule has 0 saturated carbocycles. The zero-order chi connectivity index (χ0) is 14.9. The van der Waals surface area contributed by atoms with Crippen molar-refractivity contribution in [1.29, 1.82) is 0 Å². The molecule has 106 valence electrons. The summed E-state index contributed by atoms with van der Waals surface area (Å²) in [5.74, 6) is 0.832. The number of hydrogen-bond acceptors (Lipinski definition) is 6. The van der Waals surface area contributed by atoms with Crippen LogP contribution in [0.25, 0.3) is 11.0 Å². The highest BCUT2D eigenvalue weighted by Crippen LogP contribution is 2.41. The minimum atomic E-state index is -0.558. The zero-order valence-corrected chi connectivity index (χ0v) is 11.6. The van der Waals surface area contributed by atoms with Crippen LogP contribution in [0.3, 0.4) is 0 Å². The molecule has 0 spiro atoms. The molecule has 1 heterocycles. The normalized spacial score (nSPS) is 10.4. The summed E-state index contributed by atoms with van der Waals surface area (Å²) in [6, 6.07) is 1.51. The first-order valence-electron chi connectivity index (χ1n) is 5.80. The molecule has 0 N–H and O–H groups in total. The maximum Gasteiger partial charge on any atom is 0.343 e. The zero-order valence-electron chi connectivity index (χ0n) is 11.6. The highest BCUT2D eigenvalue weighted by atomic mass is 16.5. The molecule has 0 radical (unpaired) electrons. The third-order valence-corrected chi connectivity index (χ3v) is 3.06. The number of rotatable bonds is 4. The fourth-order valence-electron chi connectivity index (χ4n) is 2.11. The maximum absolute atomic E-state index is 11.8. The van der Waals surface area contributed by atoms with E-state index in [1.165, 1.54) is 27.4 Å². The lowest BCUT2D eigenvalue weighted by Crippen LogP contribution is -2.08. The summed E-state index contributed by atoms with van der Waals surface area (Å²) in [6.45, 7) is 1.56. The first-order valence-corrected chi connectivity index (χ1v) is 5.80. The molecule has 0 unspecified atom stereocenters. The van der Waals surface area contributed by atoms with Crippen LogP contribution in [-0.4, -0.2) is 27.6 Å². The summed E-state index contributed by atoms with van der Waals surface area (Å²) in [5, 5.41) is 0.386. The Labute approximate surface area is 114 Å². The standard InChI is InChI=1S/C14H14O6/c1-7-11(18-3)10-8(6-15)5-9(17-2)12(19-4)13(10)20-14(7)16/h5-6H,1-4H3. The number of methoxy groups -OCH3 is 3. The Morgan fingerprint density at radius 1 is 1.10 bits per heavy atom. The topological polar surface area (TPSA) is 75.0 Å². The van der Waals surface area contributed by atoms with E-state index in [1.54, 1.807) is 6.92 Å². The van der Waals surface area contributed by atoms with Crippen molar-refractivity contribution in [3.8, 4) is 17.2 Å². The molecule has 6 nitrogen and oxygen atoms in total. The van der Waals surface area contributed by atoms with Crippen LogP contribution in [0.2, 0.25) is 0 Å². The van der Waals surface area contributed by atoms with Gasteiger partial charge in [-0.15, -0.1) is 0 Å². The van der Waals surface area contributed by atoms with Crippen molar-refractivity contribution in [2.24, 2.45) is 0 Å². The molecule has 1 aromatic heterocycles. The fourth-order valence-corrected chi connectivity index (χ4v) is 2.11. The van der Waals surface area contributed by atoms with Gasteiger partial charge in [-0.3, -0.25) is 4.79 Å². The molecule has 0 amide bonds. The number of hydrogen-bond donors (Lipinski definition) is 0. The van der Waals surface area contributed by atoms with E-state index in [0.717, 1.165) is 0 Å². The van der Waals surface area contributed by atoms with Gasteiger partial charge < -0.3 is 18.6 Å². The number of carbonyl (C=O) groups is 1. The number of aldehydes is 1. The van der Waals surface area contributed by atoms with Crippen molar-refractivity contribution < 1.29 is 23.4 Å². The molecule has 0 aliphatic heterocycles. The molecule has 0 fully saturated rings. The van der Waals surface area contributed by atoms with Gasteiger partial charge in [0, 0.05) is 5.56 Å². The number of carbonyl (C=O) groups excluding carboxylic acids is 1. The molecule has 1 aromatic carbocycles. The molecule has 20 heavy (non-hydrogen) atoms. The van der Waals surface area contributed by atoms with Crippen LogP contribution < -0.4 is 19.8 Å². The second kappa shape index (κ2) is 5.24. The van der Waals surface area contributed by atoms with Gasteiger partial charge in [-0.25, -0.2) is 4.79 Å². The van der Waals surface area contributed by atoms with Crippen molar-refractivity contribution in [1.82, 2.24) is 0 Å². The maximum atomic E-state index is 11.8. The van der Waals surface area contributed by atoms with E-state index in [4.69, 9.17) is 18.6 Å². The summed E-state index contributed by atoms with van der Waals surface area (Å²) >= 11 is 0. The van der Waals surface area contributed by atoms with Gasteiger partial charge in [-0.05, 0) is 13.0 Å². The molecule has 2 aromatic rings. The predicted molar refractivity (Wildman–Crippen MR) is 72.3 cm³/mol. The van der Waals surface area contributed by atoms with Gasteiger partial charge in [0.05, 0.1) is 32.3 Å². The SMILES string of the molecule is COc1cc(C=O)c2c(OC)c(C)c(=O)oc2c1OC. The predicted octanol–water partition coefficient (Wildman–Crippen LogP) is 1.94. The third kappa shape index (κ3) is 1.89. The average Bonchev–Trinajstić information content (AvgIpc) is 2.47. The van der Waals surface area contributed by atoms with E-state index >= 15 is 0 Å². The van der Waals surface area contributed by atoms with Crippen molar-refractivity contribution in [2.75, 3.05) is 21.3 Å². The summed E-state index contributed by atoms with van der Waals surface area (Å²) in [7, 11) is 4.28. The van der Waals surface area contributed by atoms with Crippen LogP contribution in [0.15, 0.2) is 15.3 Å². The van der Waals surface area contributed by atoms with Gasteiger partial charge in [0.2, 0.25) is 5.75 Å². The number of fused-ring (bicyclic) bond motifs is 1. The lowest BCUT2D eigenvalue weighted by molar-refractivity contribution is 0.112. The molecule has 0 atom stereocenters. The molecular formula is C14H14O6. The number of ether oxygens (including phenoxy) is 3. The number of benzene rings is 1. The lowest BCUT2D eigenvalue weighted by atomic mass is 10.1. The van der Waals surface area contributed by atoms with Crippen LogP contribution in [-0.2, 0) is 0 Å². The Kier molecular flexibility index (Phi) is 3.65. The smallest absolute Gasteiger partial charge is 0.343 e. The monoisotopic (exact) mass is 278 g/mol. The summed E-state index contributed by atoms with van der Waals surface area (Å²) in [6.07, 6.45) is 0.645. The van der Waals surface area contributed by atoms with Gasteiger partial charge in [0.15, 0.2) is 17.6 Å². The van der Waals surface area contributed by atoms with Crippen LogP contribution in [0.5, 0.6) is 17.2 Å². The fraction of sp³-hybridized carbons (Fsp3) is 0.286. The van der Waals surface area contributed by atoms with Gasteiger partial charge >= 0.3 is 5.63 Å².